The summed E-state index contributed by atoms with van der Waals surface area (Å²) in [4.78, 5) is 11.9. The molecule has 110 valence electrons. The van der Waals surface area contributed by atoms with Crippen molar-refractivity contribution in [2.45, 2.75) is 25.8 Å². The molecule has 7 nitrogen and oxygen atoms in total. The molecule has 1 aliphatic rings. The normalized spacial score (nSPS) is 20.6. The summed E-state index contributed by atoms with van der Waals surface area (Å²) in [6.45, 7) is 2.83. The Hall–Kier alpha value is -1.70. The topological polar surface area (TPSA) is 101 Å². The lowest BCUT2D eigenvalue weighted by molar-refractivity contribution is 0.0935. The Bertz CT molecular complexity index is 571. The first-order valence-electron chi connectivity index (χ1n) is 6.59. The number of hydrogen-bond acceptors (Lipinski definition) is 6. The minimum atomic E-state index is -3.00. The number of aromatic nitrogens is 2. The molecule has 20 heavy (non-hydrogen) atoms. The number of sulfone groups is 1. The van der Waals surface area contributed by atoms with Crippen molar-refractivity contribution < 1.29 is 13.2 Å². The van der Waals surface area contributed by atoms with Gasteiger partial charge in [-0.25, -0.2) is 8.42 Å². The van der Waals surface area contributed by atoms with Gasteiger partial charge in [0.2, 0.25) is 0 Å². The van der Waals surface area contributed by atoms with Gasteiger partial charge < -0.3 is 10.6 Å². The average Bonchev–Trinajstić information content (AvgIpc) is 2.76. The highest BCUT2D eigenvalue weighted by molar-refractivity contribution is 7.91. The van der Waals surface area contributed by atoms with Crippen LogP contribution in [-0.2, 0) is 9.84 Å². The maximum atomic E-state index is 11.9. The molecule has 0 spiro atoms. The fraction of sp³-hybridized carbons (Fsp3) is 0.583. The maximum Gasteiger partial charge on any atom is 0.272 e. The third kappa shape index (κ3) is 3.89. The largest absolute Gasteiger partial charge is 0.369 e. The van der Waals surface area contributed by atoms with Crippen LogP contribution in [0.4, 0.5) is 5.82 Å². The Morgan fingerprint density at radius 1 is 1.40 bits per heavy atom. The first-order valence-corrected chi connectivity index (χ1v) is 8.41. The third-order valence-electron chi connectivity index (χ3n) is 3.02. The molecule has 8 heteroatoms. The highest BCUT2D eigenvalue weighted by Crippen LogP contribution is 2.12. The number of rotatable bonds is 5. The lowest BCUT2D eigenvalue weighted by Crippen LogP contribution is -2.36. The Kier molecular flexibility index (Phi) is 4.53. The summed E-state index contributed by atoms with van der Waals surface area (Å²) in [6, 6.07) is 2.93. The van der Waals surface area contributed by atoms with E-state index in [2.05, 4.69) is 20.8 Å². The molecule has 1 amide bonds. The fourth-order valence-corrected chi connectivity index (χ4v) is 3.64. The number of nitrogens with zero attached hydrogens (tertiary/aromatic N) is 2. The fourth-order valence-electron chi connectivity index (χ4n) is 1.97. The summed E-state index contributed by atoms with van der Waals surface area (Å²) in [7, 11) is -3.00. The van der Waals surface area contributed by atoms with E-state index in [0.29, 0.717) is 12.2 Å². The van der Waals surface area contributed by atoms with Crippen molar-refractivity contribution in [3.8, 4) is 0 Å². The van der Waals surface area contributed by atoms with Crippen LogP contribution in [0.1, 0.15) is 30.3 Å². The summed E-state index contributed by atoms with van der Waals surface area (Å²) in [5.41, 5.74) is 0.191. The van der Waals surface area contributed by atoms with Gasteiger partial charge in [0.05, 0.1) is 11.5 Å². The molecule has 2 rings (SSSR count). The van der Waals surface area contributed by atoms with Crippen molar-refractivity contribution >= 4 is 21.6 Å². The lowest BCUT2D eigenvalue weighted by atomic mass is 10.2. The van der Waals surface area contributed by atoms with Crippen LogP contribution < -0.4 is 10.6 Å². The molecule has 1 aliphatic heterocycles. The van der Waals surface area contributed by atoms with Crippen molar-refractivity contribution in [3.63, 3.8) is 0 Å². The standard InChI is InChI=1S/C12H18N4O3S/c1-2-6-13-11-4-3-10(15-16-11)12(17)14-9-5-7-20(18,19)8-9/h3-4,9H,2,5-8H2,1H3,(H,13,16)(H,14,17). The van der Waals surface area contributed by atoms with E-state index in [1.165, 1.54) is 0 Å². The molecule has 1 unspecified atom stereocenters. The van der Waals surface area contributed by atoms with E-state index in [-0.39, 0.29) is 29.1 Å². The van der Waals surface area contributed by atoms with Crippen LogP contribution in [0.3, 0.4) is 0 Å². The highest BCUT2D eigenvalue weighted by Gasteiger charge is 2.29. The van der Waals surface area contributed by atoms with Crippen LogP contribution in [0.5, 0.6) is 0 Å². The zero-order valence-corrected chi connectivity index (χ0v) is 12.1. The summed E-state index contributed by atoms with van der Waals surface area (Å²) in [5, 5.41) is 13.5. The van der Waals surface area contributed by atoms with Crippen molar-refractivity contribution in [3.05, 3.63) is 17.8 Å². The predicted octanol–water partition coefficient (Wildman–Crippen LogP) is 0.215. The summed E-state index contributed by atoms with van der Waals surface area (Å²) < 4.78 is 22.6. The second kappa shape index (κ2) is 6.17. The molecule has 0 saturated carbocycles. The van der Waals surface area contributed by atoms with Gasteiger partial charge in [0.1, 0.15) is 5.82 Å². The molecule has 2 N–H and O–H groups in total. The summed E-state index contributed by atoms with van der Waals surface area (Å²) in [6.07, 6.45) is 1.43. The highest BCUT2D eigenvalue weighted by atomic mass is 32.2. The lowest BCUT2D eigenvalue weighted by Gasteiger charge is -2.10. The Morgan fingerprint density at radius 3 is 2.75 bits per heavy atom. The predicted molar refractivity (Wildman–Crippen MR) is 75.3 cm³/mol. The van der Waals surface area contributed by atoms with Gasteiger partial charge in [0, 0.05) is 12.6 Å². The molecule has 0 radical (unpaired) electrons. The Morgan fingerprint density at radius 2 is 2.20 bits per heavy atom. The van der Waals surface area contributed by atoms with Crippen molar-refractivity contribution in [1.29, 1.82) is 0 Å². The number of carbonyl (C=O) groups is 1. The number of amides is 1. The van der Waals surface area contributed by atoms with Crippen LogP contribution in [0, 0.1) is 0 Å². The van der Waals surface area contributed by atoms with Gasteiger partial charge in [-0.3, -0.25) is 4.79 Å². The SMILES string of the molecule is CCCNc1ccc(C(=O)NC2CCS(=O)(=O)C2)nn1. The number of anilines is 1. The zero-order chi connectivity index (χ0) is 14.6. The van der Waals surface area contributed by atoms with Crippen molar-refractivity contribution in [1.82, 2.24) is 15.5 Å². The van der Waals surface area contributed by atoms with E-state index in [0.717, 1.165) is 13.0 Å². The molecule has 1 aromatic heterocycles. The van der Waals surface area contributed by atoms with Gasteiger partial charge in [-0.05, 0) is 25.0 Å². The summed E-state index contributed by atoms with van der Waals surface area (Å²) in [5.74, 6) is 0.361. The minimum Gasteiger partial charge on any atom is -0.369 e. The van der Waals surface area contributed by atoms with Gasteiger partial charge in [0.25, 0.3) is 5.91 Å². The molecule has 0 aliphatic carbocycles. The molecule has 0 aromatic carbocycles. The van der Waals surface area contributed by atoms with Crippen LogP contribution in [0.2, 0.25) is 0 Å². The van der Waals surface area contributed by atoms with E-state index < -0.39 is 9.84 Å². The quantitative estimate of drug-likeness (QED) is 0.806. The minimum absolute atomic E-state index is 0.00229. The smallest absolute Gasteiger partial charge is 0.272 e. The van der Waals surface area contributed by atoms with E-state index >= 15 is 0 Å². The van der Waals surface area contributed by atoms with Gasteiger partial charge in [-0.15, -0.1) is 10.2 Å². The van der Waals surface area contributed by atoms with Gasteiger partial charge in [-0.2, -0.15) is 0 Å². The van der Waals surface area contributed by atoms with E-state index in [9.17, 15) is 13.2 Å². The van der Waals surface area contributed by atoms with E-state index in [4.69, 9.17) is 0 Å². The van der Waals surface area contributed by atoms with Crippen LogP contribution in [0.15, 0.2) is 12.1 Å². The van der Waals surface area contributed by atoms with Crippen molar-refractivity contribution in [2.24, 2.45) is 0 Å². The van der Waals surface area contributed by atoms with E-state index in [1.807, 2.05) is 6.92 Å². The molecular formula is C12H18N4O3S. The van der Waals surface area contributed by atoms with Gasteiger partial charge >= 0.3 is 0 Å². The molecule has 2 heterocycles. The number of carbonyl (C=O) groups excluding carboxylic acids is 1. The number of hydrogen-bond donors (Lipinski definition) is 2. The Balaban J connectivity index is 1.92. The molecule has 1 saturated heterocycles. The monoisotopic (exact) mass is 298 g/mol. The third-order valence-corrected chi connectivity index (χ3v) is 4.79. The second-order valence-corrected chi connectivity index (χ2v) is 7.03. The average molecular weight is 298 g/mol. The molecular weight excluding hydrogens is 280 g/mol. The van der Waals surface area contributed by atoms with Gasteiger partial charge in [0.15, 0.2) is 15.5 Å². The maximum absolute atomic E-state index is 11.9. The molecule has 0 bridgehead atoms. The van der Waals surface area contributed by atoms with Crippen LogP contribution >= 0.6 is 0 Å². The first kappa shape index (κ1) is 14.7. The van der Waals surface area contributed by atoms with E-state index in [1.54, 1.807) is 12.1 Å². The van der Waals surface area contributed by atoms with Crippen LogP contribution in [0.25, 0.3) is 0 Å². The summed E-state index contributed by atoms with van der Waals surface area (Å²) >= 11 is 0. The van der Waals surface area contributed by atoms with Crippen molar-refractivity contribution in [2.75, 3.05) is 23.4 Å². The number of nitrogens with one attached hydrogen (secondary N) is 2. The molecule has 1 atom stereocenters. The Labute approximate surface area is 118 Å². The second-order valence-electron chi connectivity index (χ2n) is 4.80. The first-order chi connectivity index (χ1) is 9.50. The zero-order valence-electron chi connectivity index (χ0n) is 11.3. The van der Waals surface area contributed by atoms with Gasteiger partial charge in [-0.1, -0.05) is 6.92 Å². The molecule has 1 fully saturated rings. The van der Waals surface area contributed by atoms with Crippen LogP contribution in [-0.4, -0.2) is 48.6 Å². The molecule has 1 aromatic rings.